The van der Waals surface area contributed by atoms with Crippen LogP contribution in [0.15, 0.2) is 4.99 Å². The van der Waals surface area contributed by atoms with E-state index in [0.717, 1.165) is 44.0 Å². The molecule has 1 heterocycles. The number of rotatable bonds is 9. The van der Waals surface area contributed by atoms with Gasteiger partial charge in [-0.25, -0.2) is 0 Å². The van der Waals surface area contributed by atoms with Gasteiger partial charge in [0.15, 0.2) is 5.96 Å². The first-order valence-corrected chi connectivity index (χ1v) is 9.28. The Kier molecular flexibility index (Phi) is 9.53. The molecule has 22 heavy (non-hydrogen) atoms. The van der Waals surface area contributed by atoms with Crippen LogP contribution < -0.4 is 5.32 Å². The summed E-state index contributed by atoms with van der Waals surface area (Å²) in [5.74, 6) is 2.76. The Labute approximate surface area is 138 Å². The fourth-order valence-electron chi connectivity index (χ4n) is 3.42. The normalized spacial score (nSPS) is 19.5. The Morgan fingerprint density at radius 1 is 1.27 bits per heavy atom. The van der Waals surface area contributed by atoms with Gasteiger partial charge in [0.1, 0.15) is 0 Å². The van der Waals surface area contributed by atoms with Crippen molar-refractivity contribution in [3.63, 3.8) is 0 Å². The highest BCUT2D eigenvalue weighted by molar-refractivity contribution is 5.80. The Morgan fingerprint density at radius 2 is 2.00 bits per heavy atom. The van der Waals surface area contributed by atoms with Gasteiger partial charge in [0, 0.05) is 26.7 Å². The molecule has 1 rings (SSSR count). The van der Waals surface area contributed by atoms with E-state index in [0.29, 0.717) is 0 Å². The molecule has 0 aromatic carbocycles. The first kappa shape index (κ1) is 19.3. The third kappa shape index (κ3) is 6.99. The molecule has 0 saturated carbocycles. The number of likely N-dealkylation sites (tertiary alicyclic amines) is 1. The molecule has 0 aliphatic carbocycles. The van der Waals surface area contributed by atoms with E-state index in [1.807, 2.05) is 7.05 Å². The molecule has 0 radical (unpaired) electrons. The molecular weight excluding hydrogens is 272 g/mol. The predicted octanol–water partition coefficient (Wildman–Crippen LogP) is 3.05. The summed E-state index contributed by atoms with van der Waals surface area (Å²) in [6.45, 7) is 16.1. The molecule has 1 atom stereocenters. The van der Waals surface area contributed by atoms with Gasteiger partial charge in [0.2, 0.25) is 0 Å². The highest BCUT2D eigenvalue weighted by atomic mass is 15.3. The molecule has 1 aliphatic rings. The third-order valence-corrected chi connectivity index (χ3v) is 4.68. The second-order valence-electron chi connectivity index (χ2n) is 6.94. The van der Waals surface area contributed by atoms with E-state index in [9.17, 15) is 0 Å². The van der Waals surface area contributed by atoms with Crippen LogP contribution in [-0.2, 0) is 0 Å². The lowest BCUT2D eigenvalue weighted by atomic mass is 9.97. The van der Waals surface area contributed by atoms with Gasteiger partial charge in [-0.3, -0.25) is 4.99 Å². The molecule has 0 amide bonds. The van der Waals surface area contributed by atoms with E-state index < -0.39 is 0 Å². The van der Waals surface area contributed by atoms with Crippen molar-refractivity contribution in [1.29, 1.82) is 0 Å². The van der Waals surface area contributed by atoms with E-state index in [1.54, 1.807) is 0 Å². The molecular formula is C18H38N4. The van der Waals surface area contributed by atoms with Crippen molar-refractivity contribution >= 4 is 5.96 Å². The zero-order chi connectivity index (χ0) is 16.4. The number of aliphatic imine (C=N–C) groups is 1. The minimum absolute atomic E-state index is 0.806. The number of hydrogen-bond acceptors (Lipinski definition) is 2. The summed E-state index contributed by atoms with van der Waals surface area (Å²) in [7, 11) is 1.91. The molecule has 0 spiro atoms. The van der Waals surface area contributed by atoms with Crippen LogP contribution >= 0.6 is 0 Å². The minimum atomic E-state index is 0.806. The van der Waals surface area contributed by atoms with Gasteiger partial charge in [-0.1, -0.05) is 27.7 Å². The van der Waals surface area contributed by atoms with Gasteiger partial charge in [-0.15, -0.1) is 0 Å². The molecule has 1 fully saturated rings. The van der Waals surface area contributed by atoms with Gasteiger partial charge in [-0.05, 0) is 57.2 Å². The van der Waals surface area contributed by atoms with Crippen molar-refractivity contribution in [3.8, 4) is 0 Å². The molecule has 1 saturated heterocycles. The fraction of sp³-hybridized carbons (Fsp3) is 0.944. The Bertz CT molecular complexity index is 310. The van der Waals surface area contributed by atoms with Crippen LogP contribution in [0.25, 0.3) is 0 Å². The quantitative estimate of drug-likeness (QED) is 0.403. The number of unbranched alkanes of at least 4 members (excludes halogenated alkanes) is 1. The number of nitrogens with one attached hydrogen (secondary N) is 1. The van der Waals surface area contributed by atoms with E-state index in [1.165, 1.54) is 38.8 Å². The molecule has 1 aliphatic heterocycles. The third-order valence-electron chi connectivity index (χ3n) is 4.68. The van der Waals surface area contributed by atoms with Gasteiger partial charge in [-0.2, -0.15) is 0 Å². The van der Waals surface area contributed by atoms with Crippen LogP contribution in [0.3, 0.4) is 0 Å². The maximum atomic E-state index is 4.47. The minimum Gasteiger partial charge on any atom is -0.356 e. The summed E-state index contributed by atoms with van der Waals surface area (Å²) >= 11 is 0. The second-order valence-corrected chi connectivity index (χ2v) is 6.94. The van der Waals surface area contributed by atoms with Gasteiger partial charge in [0.25, 0.3) is 0 Å². The van der Waals surface area contributed by atoms with Crippen LogP contribution in [0, 0.1) is 11.8 Å². The maximum Gasteiger partial charge on any atom is 0.193 e. The molecule has 4 heteroatoms. The summed E-state index contributed by atoms with van der Waals surface area (Å²) in [5.41, 5.74) is 0. The van der Waals surface area contributed by atoms with Crippen molar-refractivity contribution < 1.29 is 0 Å². The lowest BCUT2D eigenvalue weighted by Gasteiger charge is -2.22. The van der Waals surface area contributed by atoms with E-state index in [4.69, 9.17) is 0 Å². The van der Waals surface area contributed by atoms with Crippen LogP contribution in [0.2, 0.25) is 0 Å². The van der Waals surface area contributed by atoms with Crippen molar-refractivity contribution in [3.05, 3.63) is 0 Å². The number of guanidine groups is 1. The van der Waals surface area contributed by atoms with E-state index in [2.05, 4.69) is 47.8 Å². The molecule has 4 nitrogen and oxygen atoms in total. The molecule has 130 valence electrons. The summed E-state index contributed by atoms with van der Waals surface area (Å²) in [4.78, 5) is 9.40. The van der Waals surface area contributed by atoms with Crippen molar-refractivity contribution in [2.45, 2.75) is 53.4 Å². The Morgan fingerprint density at radius 3 is 2.59 bits per heavy atom. The average Bonchev–Trinajstić information content (AvgIpc) is 2.94. The molecule has 0 aromatic rings. The lowest BCUT2D eigenvalue weighted by molar-refractivity contribution is 0.297. The monoisotopic (exact) mass is 310 g/mol. The maximum absolute atomic E-state index is 4.47. The van der Waals surface area contributed by atoms with Crippen LogP contribution in [0.5, 0.6) is 0 Å². The zero-order valence-electron chi connectivity index (χ0n) is 15.6. The SMILES string of the molecule is CCN(CC)CCCCNC(=NC)N1CCC(CC(C)C)C1. The highest BCUT2D eigenvalue weighted by Crippen LogP contribution is 2.23. The first-order valence-electron chi connectivity index (χ1n) is 9.28. The summed E-state index contributed by atoms with van der Waals surface area (Å²) < 4.78 is 0. The standard InChI is InChI=1S/C18H38N4/c1-6-21(7-2)12-9-8-11-20-18(19-5)22-13-10-17(15-22)14-16(3)4/h16-17H,6-15H2,1-5H3,(H,19,20). The molecule has 0 bridgehead atoms. The highest BCUT2D eigenvalue weighted by Gasteiger charge is 2.25. The van der Waals surface area contributed by atoms with Crippen LogP contribution in [0.1, 0.15) is 53.4 Å². The fourth-order valence-corrected chi connectivity index (χ4v) is 3.42. The molecule has 1 unspecified atom stereocenters. The number of nitrogens with zero attached hydrogens (tertiary/aromatic N) is 3. The van der Waals surface area contributed by atoms with Crippen LogP contribution in [-0.4, -0.2) is 62.1 Å². The first-order chi connectivity index (χ1) is 10.6. The Hall–Kier alpha value is -0.770. The average molecular weight is 311 g/mol. The molecule has 1 N–H and O–H groups in total. The van der Waals surface area contributed by atoms with Gasteiger partial charge >= 0.3 is 0 Å². The van der Waals surface area contributed by atoms with E-state index >= 15 is 0 Å². The summed E-state index contributed by atoms with van der Waals surface area (Å²) in [6, 6.07) is 0. The molecule has 0 aromatic heterocycles. The van der Waals surface area contributed by atoms with Gasteiger partial charge in [0.05, 0.1) is 0 Å². The number of hydrogen-bond donors (Lipinski definition) is 1. The second kappa shape index (κ2) is 10.9. The smallest absolute Gasteiger partial charge is 0.193 e. The van der Waals surface area contributed by atoms with Gasteiger partial charge < -0.3 is 15.1 Å². The topological polar surface area (TPSA) is 30.9 Å². The largest absolute Gasteiger partial charge is 0.356 e. The summed E-state index contributed by atoms with van der Waals surface area (Å²) in [5, 5.41) is 3.55. The van der Waals surface area contributed by atoms with Crippen LogP contribution in [0.4, 0.5) is 0 Å². The zero-order valence-corrected chi connectivity index (χ0v) is 15.6. The van der Waals surface area contributed by atoms with Crippen molar-refractivity contribution in [2.75, 3.05) is 46.3 Å². The van der Waals surface area contributed by atoms with Crippen molar-refractivity contribution in [2.24, 2.45) is 16.8 Å². The summed E-state index contributed by atoms with van der Waals surface area (Å²) in [6.07, 6.45) is 5.15. The Balaban J connectivity index is 2.21. The lowest BCUT2D eigenvalue weighted by Crippen LogP contribution is -2.40. The predicted molar refractivity (Wildman–Crippen MR) is 97.5 cm³/mol. The van der Waals surface area contributed by atoms with E-state index in [-0.39, 0.29) is 0 Å². The van der Waals surface area contributed by atoms with Crippen molar-refractivity contribution in [1.82, 2.24) is 15.1 Å².